The number of benzene rings is 1. The van der Waals surface area contributed by atoms with Crippen molar-refractivity contribution in [3.05, 3.63) is 53.7 Å². The number of nitrogens with one attached hydrogen (secondary N) is 2. The molecule has 0 saturated carbocycles. The van der Waals surface area contributed by atoms with Crippen molar-refractivity contribution in [2.45, 2.75) is 26.1 Å². The number of pyridine rings is 1. The molecular formula is C20H25F3N4O2. The molecule has 0 radical (unpaired) electrons. The highest BCUT2D eigenvalue weighted by molar-refractivity contribution is 5.79. The van der Waals surface area contributed by atoms with Gasteiger partial charge in [0.1, 0.15) is 5.75 Å². The summed E-state index contributed by atoms with van der Waals surface area (Å²) in [6.07, 6.45) is -2.25. The molecule has 0 atom stereocenters. The molecule has 0 aliphatic heterocycles. The topological polar surface area (TPSA) is 67.8 Å². The maximum absolute atomic E-state index is 12.3. The second-order valence-corrected chi connectivity index (χ2v) is 6.09. The van der Waals surface area contributed by atoms with Gasteiger partial charge in [-0.3, -0.25) is 0 Å². The van der Waals surface area contributed by atoms with Crippen molar-refractivity contribution in [3.8, 4) is 11.6 Å². The van der Waals surface area contributed by atoms with Gasteiger partial charge in [-0.25, -0.2) is 9.98 Å². The number of aliphatic imine (C=N–C) groups is 1. The largest absolute Gasteiger partial charge is 0.496 e. The first-order valence-corrected chi connectivity index (χ1v) is 9.20. The van der Waals surface area contributed by atoms with Crippen LogP contribution >= 0.6 is 0 Å². The Kier molecular flexibility index (Phi) is 8.57. The third-order valence-corrected chi connectivity index (χ3v) is 3.83. The van der Waals surface area contributed by atoms with Crippen LogP contribution in [0.1, 0.15) is 18.1 Å². The number of para-hydroxylation sites is 1. The Hall–Kier alpha value is -2.97. The van der Waals surface area contributed by atoms with E-state index in [4.69, 9.17) is 4.74 Å². The minimum Gasteiger partial charge on any atom is -0.496 e. The summed E-state index contributed by atoms with van der Waals surface area (Å²) in [5.41, 5.74) is 1.78. The molecule has 29 heavy (non-hydrogen) atoms. The maximum atomic E-state index is 12.3. The Bertz CT molecular complexity index is 797. The molecule has 1 heterocycles. The van der Waals surface area contributed by atoms with Gasteiger partial charge in [-0.15, -0.1) is 0 Å². The van der Waals surface area contributed by atoms with Crippen molar-refractivity contribution in [3.63, 3.8) is 0 Å². The quantitative estimate of drug-likeness (QED) is 0.490. The summed E-state index contributed by atoms with van der Waals surface area (Å²) in [6, 6.07) is 10.9. The molecule has 0 amide bonds. The monoisotopic (exact) mass is 410 g/mol. The average Bonchev–Trinajstić information content (AvgIpc) is 2.70. The number of methoxy groups -OCH3 is 1. The number of ether oxygens (including phenoxy) is 2. The van der Waals surface area contributed by atoms with Gasteiger partial charge < -0.3 is 20.1 Å². The minimum absolute atomic E-state index is 0.0795. The molecule has 0 aliphatic rings. The van der Waals surface area contributed by atoms with Crippen LogP contribution in [-0.2, 0) is 13.0 Å². The van der Waals surface area contributed by atoms with E-state index in [2.05, 4.69) is 25.3 Å². The number of nitrogens with zero attached hydrogens (tertiary/aromatic N) is 2. The van der Waals surface area contributed by atoms with Crippen molar-refractivity contribution < 1.29 is 22.6 Å². The van der Waals surface area contributed by atoms with Crippen molar-refractivity contribution in [1.29, 1.82) is 0 Å². The van der Waals surface area contributed by atoms with Crippen LogP contribution < -0.4 is 20.1 Å². The number of hydrogen-bond donors (Lipinski definition) is 2. The van der Waals surface area contributed by atoms with Crippen LogP contribution in [-0.4, -0.2) is 43.9 Å². The zero-order valence-corrected chi connectivity index (χ0v) is 16.4. The lowest BCUT2D eigenvalue weighted by molar-refractivity contribution is -0.154. The van der Waals surface area contributed by atoms with Crippen LogP contribution in [0.25, 0.3) is 0 Å². The Balaban J connectivity index is 1.93. The predicted octanol–water partition coefficient (Wildman–Crippen LogP) is 3.33. The van der Waals surface area contributed by atoms with Crippen LogP contribution in [0.15, 0.2) is 47.6 Å². The zero-order valence-electron chi connectivity index (χ0n) is 16.4. The predicted molar refractivity (Wildman–Crippen MR) is 105 cm³/mol. The highest BCUT2D eigenvalue weighted by Gasteiger charge is 2.28. The highest BCUT2D eigenvalue weighted by atomic mass is 19.4. The molecule has 9 heteroatoms. The lowest BCUT2D eigenvalue weighted by Gasteiger charge is -2.13. The number of aromatic nitrogens is 1. The van der Waals surface area contributed by atoms with E-state index in [1.807, 2.05) is 31.2 Å². The number of hydrogen-bond acceptors (Lipinski definition) is 4. The van der Waals surface area contributed by atoms with E-state index in [9.17, 15) is 13.2 Å². The van der Waals surface area contributed by atoms with Gasteiger partial charge in [0, 0.05) is 25.4 Å². The summed E-state index contributed by atoms with van der Waals surface area (Å²) in [5, 5.41) is 6.38. The molecule has 1 aromatic carbocycles. The second-order valence-electron chi connectivity index (χ2n) is 6.09. The van der Waals surface area contributed by atoms with Crippen molar-refractivity contribution in [2.75, 3.05) is 26.8 Å². The standard InChI is InChI=1S/C20H25F3N4O2/c1-3-24-19(26-11-9-16-6-4-5-7-17(16)28-2)27-13-15-8-10-25-18(12-15)29-14-20(21,22)23/h4-8,10,12H,3,9,11,13-14H2,1-2H3,(H2,24,26,27). The fraction of sp³-hybridized carbons (Fsp3) is 0.400. The molecule has 0 fully saturated rings. The molecule has 0 saturated heterocycles. The summed E-state index contributed by atoms with van der Waals surface area (Å²) < 4.78 is 46.8. The molecule has 1 aromatic heterocycles. The van der Waals surface area contributed by atoms with Crippen LogP contribution in [0, 0.1) is 0 Å². The Morgan fingerprint density at radius 3 is 2.69 bits per heavy atom. The van der Waals surface area contributed by atoms with E-state index < -0.39 is 12.8 Å². The fourth-order valence-corrected chi connectivity index (χ4v) is 2.52. The Morgan fingerprint density at radius 2 is 1.97 bits per heavy atom. The van der Waals surface area contributed by atoms with Gasteiger partial charge in [-0.2, -0.15) is 13.2 Å². The number of rotatable bonds is 9. The maximum Gasteiger partial charge on any atom is 0.422 e. The number of guanidine groups is 1. The SMILES string of the molecule is CCNC(=NCc1ccnc(OCC(F)(F)F)c1)NCCc1ccccc1OC. The third-order valence-electron chi connectivity index (χ3n) is 3.83. The summed E-state index contributed by atoms with van der Waals surface area (Å²) in [6.45, 7) is 2.17. The minimum atomic E-state index is -4.40. The molecule has 0 spiro atoms. The van der Waals surface area contributed by atoms with Gasteiger partial charge in [-0.05, 0) is 36.6 Å². The van der Waals surface area contributed by atoms with Crippen molar-refractivity contribution in [1.82, 2.24) is 15.6 Å². The zero-order chi connectivity index (χ0) is 21.1. The van der Waals surface area contributed by atoms with E-state index >= 15 is 0 Å². The molecule has 0 aliphatic carbocycles. The first-order chi connectivity index (χ1) is 13.9. The molecule has 0 bridgehead atoms. The van der Waals surface area contributed by atoms with Crippen molar-refractivity contribution >= 4 is 5.96 Å². The van der Waals surface area contributed by atoms with Gasteiger partial charge in [0.2, 0.25) is 5.88 Å². The average molecular weight is 410 g/mol. The van der Waals surface area contributed by atoms with Gasteiger partial charge in [0.25, 0.3) is 0 Å². The summed E-state index contributed by atoms with van der Waals surface area (Å²) in [4.78, 5) is 8.26. The molecule has 158 valence electrons. The molecule has 2 N–H and O–H groups in total. The molecule has 2 rings (SSSR count). The van der Waals surface area contributed by atoms with Gasteiger partial charge >= 0.3 is 6.18 Å². The molecular weight excluding hydrogens is 385 g/mol. The second kappa shape index (κ2) is 11.1. The number of alkyl halides is 3. The highest BCUT2D eigenvalue weighted by Crippen LogP contribution is 2.18. The molecule has 0 unspecified atom stereocenters. The van der Waals surface area contributed by atoms with Gasteiger partial charge in [0.05, 0.1) is 13.7 Å². The van der Waals surface area contributed by atoms with Gasteiger partial charge in [-0.1, -0.05) is 18.2 Å². The van der Waals surface area contributed by atoms with E-state index in [0.717, 1.165) is 17.7 Å². The lowest BCUT2D eigenvalue weighted by atomic mass is 10.1. The molecule has 2 aromatic rings. The molecule has 6 nitrogen and oxygen atoms in total. The van der Waals surface area contributed by atoms with Crippen LogP contribution in [0.3, 0.4) is 0 Å². The Labute approximate surface area is 168 Å². The van der Waals surface area contributed by atoms with Gasteiger partial charge in [0.15, 0.2) is 12.6 Å². The first kappa shape index (κ1) is 22.3. The summed E-state index contributed by atoms with van der Waals surface area (Å²) >= 11 is 0. The van der Waals surface area contributed by atoms with Crippen molar-refractivity contribution in [2.24, 2.45) is 4.99 Å². The summed E-state index contributed by atoms with van der Waals surface area (Å²) in [5.74, 6) is 1.36. The summed E-state index contributed by atoms with van der Waals surface area (Å²) in [7, 11) is 1.64. The third kappa shape index (κ3) is 8.28. The van der Waals surface area contributed by atoms with E-state index in [0.29, 0.717) is 24.6 Å². The Morgan fingerprint density at radius 1 is 1.17 bits per heavy atom. The smallest absolute Gasteiger partial charge is 0.422 e. The fourth-order valence-electron chi connectivity index (χ4n) is 2.52. The first-order valence-electron chi connectivity index (χ1n) is 9.20. The van der Waals surface area contributed by atoms with Crippen LogP contribution in [0.5, 0.6) is 11.6 Å². The van der Waals surface area contributed by atoms with Crippen LogP contribution in [0.2, 0.25) is 0 Å². The normalized spacial score (nSPS) is 11.8. The van der Waals surface area contributed by atoms with E-state index in [-0.39, 0.29) is 12.4 Å². The number of halogens is 3. The van der Waals surface area contributed by atoms with E-state index in [1.54, 1.807) is 13.2 Å². The van der Waals surface area contributed by atoms with Crippen LogP contribution in [0.4, 0.5) is 13.2 Å². The lowest BCUT2D eigenvalue weighted by Crippen LogP contribution is -2.38. The van der Waals surface area contributed by atoms with E-state index in [1.165, 1.54) is 12.3 Å².